The van der Waals surface area contributed by atoms with Gasteiger partial charge in [-0.3, -0.25) is 0 Å². The molecule has 2 aromatic carbocycles. The molecule has 20 heavy (non-hydrogen) atoms. The van der Waals surface area contributed by atoms with E-state index in [4.69, 9.17) is 27.9 Å². The largest absolute Gasteiger partial charge is 0.466 e. The van der Waals surface area contributed by atoms with Crippen LogP contribution in [0.15, 0.2) is 36.4 Å². The number of esters is 1. The Labute approximate surface area is 125 Å². The minimum absolute atomic E-state index is 0.350. The molecule has 0 spiro atoms. The zero-order valence-corrected chi connectivity index (χ0v) is 12.0. The van der Waals surface area contributed by atoms with Gasteiger partial charge in [0, 0.05) is 21.7 Å². The molecule has 0 amide bonds. The lowest BCUT2D eigenvalue weighted by molar-refractivity contribution is -0.158. The molecule has 1 atom stereocenters. The van der Waals surface area contributed by atoms with Gasteiger partial charge in [0.25, 0.3) is 0 Å². The number of ether oxygens (including phenoxy) is 1. The van der Waals surface area contributed by atoms with Crippen LogP contribution < -0.4 is 0 Å². The molecule has 2 aromatic rings. The summed E-state index contributed by atoms with van der Waals surface area (Å²) in [4.78, 5) is 12.1. The third-order valence-corrected chi connectivity index (χ3v) is 4.03. The standard InChI is InChI=1S/C15H10Cl2O3/c1-20-14(18)15(19)10-5-3-2-4-9(10)13-11(15)6-8(16)7-12(13)17/h2-7,19H,1H3. The number of benzene rings is 2. The lowest BCUT2D eigenvalue weighted by atomic mass is 9.91. The molecule has 0 aliphatic heterocycles. The quantitative estimate of drug-likeness (QED) is 0.822. The van der Waals surface area contributed by atoms with E-state index in [1.807, 2.05) is 6.07 Å². The summed E-state index contributed by atoms with van der Waals surface area (Å²) in [5.41, 5.74) is 0.237. The van der Waals surface area contributed by atoms with E-state index in [0.717, 1.165) is 0 Å². The number of rotatable bonds is 1. The fourth-order valence-corrected chi connectivity index (χ4v) is 3.26. The Morgan fingerprint density at radius 3 is 2.60 bits per heavy atom. The van der Waals surface area contributed by atoms with Crippen molar-refractivity contribution in [1.29, 1.82) is 0 Å². The summed E-state index contributed by atoms with van der Waals surface area (Å²) >= 11 is 12.2. The van der Waals surface area contributed by atoms with Crippen LogP contribution in [0.3, 0.4) is 0 Å². The molecule has 1 unspecified atom stereocenters. The normalized spacial score (nSPS) is 19.4. The van der Waals surface area contributed by atoms with E-state index < -0.39 is 11.6 Å². The molecule has 5 heteroatoms. The first-order valence-electron chi connectivity index (χ1n) is 5.90. The average Bonchev–Trinajstić information content (AvgIpc) is 2.69. The second-order valence-corrected chi connectivity index (χ2v) is 5.40. The first kappa shape index (κ1) is 13.4. The molecule has 1 aliphatic carbocycles. The van der Waals surface area contributed by atoms with Gasteiger partial charge in [-0.15, -0.1) is 0 Å². The van der Waals surface area contributed by atoms with Crippen LogP contribution in [0.4, 0.5) is 0 Å². The van der Waals surface area contributed by atoms with Crippen molar-refractivity contribution in [2.45, 2.75) is 5.60 Å². The summed E-state index contributed by atoms with van der Waals surface area (Å²) in [5, 5.41) is 11.7. The molecule has 102 valence electrons. The van der Waals surface area contributed by atoms with Gasteiger partial charge in [0.1, 0.15) is 0 Å². The van der Waals surface area contributed by atoms with Crippen LogP contribution in [0.1, 0.15) is 11.1 Å². The zero-order chi connectivity index (χ0) is 14.5. The van der Waals surface area contributed by atoms with E-state index in [0.29, 0.717) is 32.3 Å². The van der Waals surface area contributed by atoms with Crippen LogP contribution in [-0.2, 0) is 15.1 Å². The van der Waals surface area contributed by atoms with Crippen molar-refractivity contribution >= 4 is 29.2 Å². The predicted octanol–water partition coefficient (Wildman–Crippen LogP) is 3.38. The van der Waals surface area contributed by atoms with Gasteiger partial charge in [0.05, 0.1) is 12.1 Å². The number of carbonyl (C=O) groups is 1. The Morgan fingerprint density at radius 1 is 1.20 bits per heavy atom. The Hall–Kier alpha value is -1.55. The number of fused-ring (bicyclic) bond motifs is 3. The van der Waals surface area contributed by atoms with Gasteiger partial charge in [-0.2, -0.15) is 0 Å². The molecule has 0 fully saturated rings. The molecular weight excluding hydrogens is 299 g/mol. The van der Waals surface area contributed by atoms with Gasteiger partial charge < -0.3 is 9.84 Å². The van der Waals surface area contributed by atoms with Crippen LogP contribution in [0.5, 0.6) is 0 Å². The van der Waals surface area contributed by atoms with E-state index in [1.54, 1.807) is 30.3 Å². The maximum Gasteiger partial charge on any atom is 0.347 e. The smallest absolute Gasteiger partial charge is 0.347 e. The maximum absolute atomic E-state index is 12.1. The SMILES string of the molecule is COC(=O)C1(O)c2ccccc2-c2c(Cl)cc(Cl)cc21. The van der Waals surface area contributed by atoms with Crippen molar-refractivity contribution in [3.63, 3.8) is 0 Å². The molecule has 0 saturated heterocycles. The van der Waals surface area contributed by atoms with Crippen LogP contribution in [0, 0.1) is 0 Å². The van der Waals surface area contributed by atoms with Gasteiger partial charge in [-0.25, -0.2) is 4.79 Å². The summed E-state index contributed by atoms with van der Waals surface area (Å²) in [7, 11) is 1.23. The minimum Gasteiger partial charge on any atom is -0.466 e. The zero-order valence-electron chi connectivity index (χ0n) is 10.5. The Balaban J connectivity index is 2.43. The van der Waals surface area contributed by atoms with Crippen molar-refractivity contribution in [1.82, 2.24) is 0 Å². The fourth-order valence-electron chi connectivity index (χ4n) is 2.66. The van der Waals surface area contributed by atoms with Gasteiger partial charge >= 0.3 is 5.97 Å². The van der Waals surface area contributed by atoms with Crippen LogP contribution in [0.25, 0.3) is 11.1 Å². The monoisotopic (exact) mass is 308 g/mol. The Morgan fingerprint density at radius 2 is 1.90 bits per heavy atom. The molecule has 0 bridgehead atoms. The van der Waals surface area contributed by atoms with Gasteiger partial charge in [0.15, 0.2) is 0 Å². The van der Waals surface area contributed by atoms with Crippen molar-refractivity contribution in [3.05, 3.63) is 57.6 Å². The summed E-state index contributed by atoms with van der Waals surface area (Å²) in [5.74, 6) is -0.762. The van der Waals surface area contributed by atoms with E-state index in [2.05, 4.69) is 0 Å². The van der Waals surface area contributed by atoms with Crippen molar-refractivity contribution in [2.24, 2.45) is 0 Å². The first-order valence-corrected chi connectivity index (χ1v) is 6.66. The summed E-state index contributed by atoms with van der Waals surface area (Å²) in [6.45, 7) is 0. The molecule has 3 rings (SSSR count). The van der Waals surface area contributed by atoms with E-state index in [1.165, 1.54) is 7.11 Å². The van der Waals surface area contributed by atoms with E-state index in [9.17, 15) is 9.90 Å². The highest BCUT2D eigenvalue weighted by atomic mass is 35.5. The molecule has 0 saturated carbocycles. The van der Waals surface area contributed by atoms with Crippen LogP contribution in [-0.4, -0.2) is 18.2 Å². The number of aliphatic hydroxyl groups is 1. The highest BCUT2D eigenvalue weighted by molar-refractivity contribution is 6.37. The highest BCUT2D eigenvalue weighted by Crippen LogP contribution is 2.51. The average molecular weight is 309 g/mol. The van der Waals surface area contributed by atoms with E-state index in [-0.39, 0.29) is 0 Å². The molecular formula is C15H10Cl2O3. The number of halogens is 2. The Kier molecular flexibility index (Phi) is 3.01. The third kappa shape index (κ3) is 1.61. The topological polar surface area (TPSA) is 46.5 Å². The predicted molar refractivity (Wildman–Crippen MR) is 76.9 cm³/mol. The van der Waals surface area contributed by atoms with Gasteiger partial charge in [-0.05, 0) is 17.7 Å². The van der Waals surface area contributed by atoms with Crippen LogP contribution >= 0.6 is 23.2 Å². The highest BCUT2D eigenvalue weighted by Gasteiger charge is 2.49. The molecule has 0 heterocycles. The number of hydrogen-bond acceptors (Lipinski definition) is 3. The van der Waals surface area contributed by atoms with Crippen molar-refractivity contribution in [3.8, 4) is 11.1 Å². The number of hydrogen-bond donors (Lipinski definition) is 1. The van der Waals surface area contributed by atoms with Crippen molar-refractivity contribution in [2.75, 3.05) is 7.11 Å². The summed E-state index contributed by atoms with van der Waals surface area (Å²) in [6, 6.07) is 10.2. The minimum atomic E-state index is -1.88. The molecule has 1 N–H and O–H groups in total. The summed E-state index contributed by atoms with van der Waals surface area (Å²) in [6.07, 6.45) is 0. The number of carbonyl (C=O) groups excluding carboxylic acids is 1. The second-order valence-electron chi connectivity index (χ2n) is 4.56. The fraction of sp³-hybridized carbons (Fsp3) is 0.133. The summed E-state index contributed by atoms with van der Waals surface area (Å²) < 4.78 is 4.76. The number of methoxy groups -OCH3 is 1. The molecule has 1 aliphatic rings. The third-order valence-electron chi connectivity index (χ3n) is 3.51. The van der Waals surface area contributed by atoms with Gasteiger partial charge in [0.2, 0.25) is 5.60 Å². The molecule has 0 aromatic heterocycles. The Bertz CT molecular complexity index is 727. The first-order chi connectivity index (χ1) is 9.50. The molecule has 3 nitrogen and oxygen atoms in total. The lowest BCUT2D eigenvalue weighted by Crippen LogP contribution is -2.36. The molecule has 0 radical (unpaired) electrons. The van der Waals surface area contributed by atoms with Gasteiger partial charge in [-0.1, -0.05) is 47.5 Å². The maximum atomic E-state index is 12.1. The van der Waals surface area contributed by atoms with Crippen molar-refractivity contribution < 1.29 is 14.6 Å². The lowest BCUT2D eigenvalue weighted by Gasteiger charge is -2.22. The second kappa shape index (κ2) is 4.48. The van der Waals surface area contributed by atoms with Crippen LogP contribution in [0.2, 0.25) is 10.0 Å². The van der Waals surface area contributed by atoms with E-state index >= 15 is 0 Å².